The van der Waals surface area contributed by atoms with Crippen LogP contribution in [-0.2, 0) is 12.8 Å². The van der Waals surface area contributed by atoms with Crippen LogP contribution in [0.3, 0.4) is 0 Å². The Labute approximate surface area is 105 Å². The van der Waals surface area contributed by atoms with E-state index in [-0.39, 0.29) is 5.82 Å². The smallest absolute Gasteiger partial charge is 0.226 e. The summed E-state index contributed by atoms with van der Waals surface area (Å²) in [4.78, 5) is 4.30. The minimum atomic E-state index is -0.236. The third kappa shape index (κ3) is 3.63. The largest absolute Gasteiger partial charge is 0.339 e. The number of hydrogen-bond acceptors (Lipinski definition) is 4. The molecule has 0 saturated carbocycles. The van der Waals surface area contributed by atoms with Crippen molar-refractivity contribution in [1.29, 1.82) is 0 Å². The van der Waals surface area contributed by atoms with Gasteiger partial charge in [-0.2, -0.15) is 4.98 Å². The van der Waals surface area contributed by atoms with E-state index >= 15 is 0 Å². The van der Waals surface area contributed by atoms with E-state index in [1.165, 1.54) is 12.1 Å². The number of hydrogen-bond donors (Lipinski definition) is 1. The van der Waals surface area contributed by atoms with Crippen molar-refractivity contribution in [3.05, 3.63) is 47.4 Å². The third-order valence-corrected chi connectivity index (χ3v) is 2.60. The molecule has 0 atom stereocenters. The number of rotatable bonds is 6. The molecule has 5 heteroatoms. The molecule has 0 spiro atoms. The van der Waals surface area contributed by atoms with Crippen molar-refractivity contribution in [3.8, 4) is 0 Å². The Balaban J connectivity index is 1.91. The Morgan fingerprint density at radius 1 is 1.28 bits per heavy atom. The van der Waals surface area contributed by atoms with Gasteiger partial charge in [-0.1, -0.05) is 17.3 Å². The van der Waals surface area contributed by atoms with Crippen molar-refractivity contribution < 1.29 is 8.91 Å². The first-order valence-corrected chi connectivity index (χ1v) is 5.98. The molecule has 2 aromatic rings. The van der Waals surface area contributed by atoms with Crippen molar-refractivity contribution in [2.24, 2.45) is 0 Å². The summed E-state index contributed by atoms with van der Waals surface area (Å²) in [6, 6.07) is 6.32. The average molecular weight is 249 g/mol. The van der Waals surface area contributed by atoms with Crippen LogP contribution in [-0.4, -0.2) is 23.7 Å². The second-order valence-corrected chi connectivity index (χ2v) is 4.11. The van der Waals surface area contributed by atoms with Gasteiger partial charge in [-0.3, -0.25) is 0 Å². The highest BCUT2D eigenvalue weighted by Crippen LogP contribution is 2.09. The summed E-state index contributed by atoms with van der Waals surface area (Å²) in [6.45, 7) is 0.926. The zero-order chi connectivity index (χ0) is 12.8. The van der Waals surface area contributed by atoms with Crippen molar-refractivity contribution in [2.45, 2.75) is 19.3 Å². The molecule has 1 heterocycles. The lowest BCUT2D eigenvalue weighted by atomic mass is 10.1. The molecule has 18 heavy (non-hydrogen) atoms. The van der Waals surface area contributed by atoms with Gasteiger partial charge in [0.15, 0.2) is 5.82 Å². The Hall–Kier alpha value is -1.75. The number of nitrogens with zero attached hydrogens (tertiary/aromatic N) is 2. The molecule has 1 aromatic carbocycles. The van der Waals surface area contributed by atoms with E-state index in [0.717, 1.165) is 24.9 Å². The highest BCUT2D eigenvalue weighted by molar-refractivity contribution is 5.19. The van der Waals surface area contributed by atoms with Crippen LogP contribution in [0.2, 0.25) is 0 Å². The zero-order valence-corrected chi connectivity index (χ0v) is 10.3. The van der Waals surface area contributed by atoms with Gasteiger partial charge in [0.05, 0.1) is 0 Å². The normalized spacial score (nSPS) is 10.8. The van der Waals surface area contributed by atoms with Crippen molar-refractivity contribution in [1.82, 2.24) is 15.5 Å². The molecule has 96 valence electrons. The second-order valence-electron chi connectivity index (χ2n) is 4.11. The predicted molar refractivity (Wildman–Crippen MR) is 65.8 cm³/mol. The van der Waals surface area contributed by atoms with E-state index < -0.39 is 0 Å². The monoisotopic (exact) mass is 249 g/mol. The first kappa shape index (κ1) is 12.7. The highest BCUT2D eigenvalue weighted by Gasteiger charge is 2.06. The minimum Gasteiger partial charge on any atom is -0.339 e. The van der Waals surface area contributed by atoms with Gasteiger partial charge >= 0.3 is 0 Å². The van der Waals surface area contributed by atoms with Gasteiger partial charge in [-0.25, -0.2) is 4.39 Å². The summed E-state index contributed by atoms with van der Waals surface area (Å²) in [5.41, 5.74) is 0.971. The number of nitrogens with one attached hydrogen (secondary N) is 1. The predicted octanol–water partition coefficient (Wildman–Crippen LogP) is 1.95. The summed E-state index contributed by atoms with van der Waals surface area (Å²) in [5, 5.41) is 6.98. The van der Waals surface area contributed by atoms with Crippen LogP contribution in [0.4, 0.5) is 4.39 Å². The molecule has 1 N–H and O–H groups in total. The molecular formula is C13H16FN3O. The number of aryl methyl sites for hydroxylation is 1. The molecule has 0 amide bonds. The highest BCUT2D eigenvalue weighted by atomic mass is 19.1. The molecule has 0 saturated heterocycles. The van der Waals surface area contributed by atoms with Crippen LogP contribution >= 0.6 is 0 Å². The molecule has 0 aliphatic rings. The molecule has 0 bridgehead atoms. The quantitative estimate of drug-likeness (QED) is 0.795. The SMILES string of the molecule is CNCCCc1nc(Cc2ccc(F)cc2)no1. The summed E-state index contributed by atoms with van der Waals surface area (Å²) >= 11 is 0. The maximum atomic E-state index is 12.7. The van der Waals surface area contributed by atoms with Crippen molar-refractivity contribution >= 4 is 0 Å². The van der Waals surface area contributed by atoms with E-state index in [4.69, 9.17) is 4.52 Å². The lowest BCUT2D eigenvalue weighted by Crippen LogP contribution is -2.08. The molecule has 0 aliphatic heterocycles. The second kappa shape index (κ2) is 6.26. The Kier molecular flexibility index (Phi) is 4.41. The zero-order valence-electron chi connectivity index (χ0n) is 10.3. The van der Waals surface area contributed by atoms with Gasteiger partial charge in [-0.15, -0.1) is 0 Å². The standard InChI is InChI=1S/C13H16FN3O/c1-15-8-2-3-13-16-12(17-18-13)9-10-4-6-11(14)7-5-10/h4-7,15H,2-3,8-9H2,1H3. The van der Waals surface area contributed by atoms with E-state index in [1.807, 2.05) is 7.05 Å². The van der Waals surface area contributed by atoms with Crippen molar-refractivity contribution in [3.63, 3.8) is 0 Å². The molecule has 1 aromatic heterocycles. The lowest BCUT2D eigenvalue weighted by Gasteiger charge is -1.95. The van der Waals surface area contributed by atoms with Gasteiger partial charge < -0.3 is 9.84 Å². The van der Waals surface area contributed by atoms with Gasteiger partial charge in [-0.05, 0) is 37.7 Å². The van der Waals surface area contributed by atoms with Crippen LogP contribution in [0.5, 0.6) is 0 Å². The summed E-state index contributed by atoms with van der Waals surface area (Å²) in [6.07, 6.45) is 2.31. The number of halogens is 1. The Morgan fingerprint density at radius 3 is 2.78 bits per heavy atom. The first-order valence-electron chi connectivity index (χ1n) is 5.98. The Morgan fingerprint density at radius 2 is 2.06 bits per heavy atom. The maximum absolute atomic E-state index is 12.7. The minimum absolute atomic E-state index is 0.236. The summed E-state index contributed by atoms with van der Waals surface area (Å²) in [5.74, 6) is 1.06. The van der Waals surface area contributed by atoms with Crippen LogP contribution in [0, 0.1) is 5.82 Å². The molecular weight excluding hydrogens is 233 g/mol. The number of benzene rings is 1. The van der Waals surface area contributed by atoms with E-state index in [9.17, 15) is 4.39 Å². The van der Waals surface area contributed by atoms with Crippen LogP contribution in [0.1, 0.15) is 23.7 Å². The van der Waals surface area contributed by atoms with E-state index in [1.54, 1.807) is 12.1 Å². The fourth-order valence-corrected chi connectivity index (χ4v) is 1.66. The summed E-state index contributed by atoms with van der Waals surface area (Å²) in [7, 11) is 1.91. The molecule has 2 rings (SSSR count). The van der Waals surface area contributed by atoms with Crippen LogP contribution in [0.15, 0.2) is 28.8 Å². The molecule has 0 radical (unpaired) electrons. The molecule has 0 fully saturated rings. The van der Waals surface area contributed by atoms with Gasteiger partial charge in [0, 0.05) is 12.8 Å². The van der Waals surface area contributed by atoms with Crippen LogP contribution in [0.25, 0.3) is 0 Å². The first-order chi connectivity index (χ1) is 8.78. The van der Waals surface area contributed by atoms with E-state index in [2.05, 4.69) is 15.5 Å². The Bertz CT molecular complexity index is 481. The molecule has 4 nitrogen and oxygen atoms in total. The van der Waals surface area contributed by atoms with Crippen molar-refractivity contribution in [2.75, 3.05) is 13.6 Å². The van der Waals surface area contributed by atoms with Gasteiger partial charge in [0.1, 0.15) is 5.82 Å². The van der Waals surface area contributed by atoms with Crippen LogP contribution < -0.4 is 5.32 Å². The molecule has 0 aliphatic carbocycles. The molecule has 0 unspecified atom stereocenters. The van der Waals surface area contributed by atoms with Gasteiger partial charge in [0.2, 0.25) is 5.89 Å². The topological polar surface area (TPSA) is 51.0 Å². The maximum Gasteiger partial charge on any atom is 0.226 e. The number of aromatic nitrogens is 2. The fourth-order valence-electron chi connectivity index (χ4n) is 1.66. The van der Waals surface area contributed by atoms with E-state index in [0.29, 0.717) is 18.1 Å². The van der Waals surface area contributed by atoms with Gasteiger partial charge in [0.25, 0.3) is 0 Å². The third-order valence-electron chi connectivity index (χ3n) is 2.60. The summed E-state index contributed by atoms with van der Waals surface area (Å²) < 4.78 is 17.9. The fraction of sp³-hybridized carbons (Fsp3) is 0.385. The lowest BCUT2D eigenvalue weighted by molar-refractivity contribution is 0.370. The average Bonchev–Trinajstić information content (AvgIpc) is 2.80.